The normalized spacial score (nSPS) is 11.0. The zero-order valence-electron chi connectivity index (χ0n) is 13.1. The van der Waals surface area contributed by atoms with E-state index in [9.17, 15) is 9.59 Å². The van der Waals surface area contributed by atoms with Gasteiger partial charge in [0.05, 0.1) is 18.8 Å². The predicted octanol–water partition coefficient (Wildman–Crippen LogP) is 2.15. The highest BCUT2D eigenvalue weighted by Crippen LogP contribution is 2.06. The Bertz CT molecular complexity index is 474. The highest BCUT2D eigenvalue weighted by molar-refractivity contribution is 5.74. The number of nitrogens with one attached hydrogen (secondary N) is 2. The van der Waals surface area contributed by atoms with Crippen LogP contribution in [0.15, 0.2) is 30.3 Å². The molecule has 0 heterocycles. The van der Waals surface area contributed by atoms with E-state index in [0.29, 0.717) is 26.2 Å². The van der Waals surface area contributed by atoms with Crippen molar-refractivity contribution in [2.24, 2.45) is 0 Å². The number of carboxylic acids is 1. The molecular weight excluding hydrogens is 284 g/mol. The molecule has 0 radical (unpaired) electrons. The maximum absolute atomic E-state index is 11.7. The van der Waals surface area contributed by atoms with Gasteiger partial charge in [0.2, 0.25) is 0 Å². The molecule has 3 N–H and O–H groups in total. The maximum Gasteiger partial charge on any atom is 0.315 e. The zero-order valence-corrected chi connectivity index (χ0v) is 13.1. The van der Waals surface area contributed by atoms with Crippen molar-refractivity contribution in [3.63, 3.8) is 0 Å². The highest BCUT2D eigenvalue weighted by atomic mass is 16.5. The third-order valence-corrected chi connectivity index (χ3v) is 2.88. The van der Waals surface area contributed by atoms with Crippen LogP contribution in [-0.4, -0.2) is 35.8 Å². The smallest absolute Gasteiger partial charge is 0.315 e. The molecule has 0 aliphatic rings. The third-order valence-electron chi connectivity index (χ3n) is 2.88. The van der Waals surface area contributed by atoms with Gasteiger partial charge in [-0.05, 0) is 25.8 Å². The Morgan fingerprint density at radius 3 is 2.55 bits per heavy atom. The van der Waals surface area contributed by atoms with Crippen LogP contribution in [-0.2, 0) is 16.1 Å². The van der Waals surface area contributed by atoms with Crippen LogP contribution in [0.3, 0.4) is 0 Å². The van der Waals surface area contributed by atoms with E-state index in [4.69, 9.17) is 9.84 Å². The number of carbonyl (C=O) groups excluding carboxylic acids is 1. The number of urea groups is 1. The van der Waals surface area contributed by atoms with Crippen LogP contribution in [0.25, 0.3) is 0 Å². The first-order valence-corrected chi connectivity index (χ1v) is 7.28. The van der Waals surface area contributed by atoms with Crippen molar-refractivity contribution in [3.05, 3.63) is 35.9 Å². The molecule has 0 bridgehead atoms. The van der Waals surface area contributed by atoms with Gasteiger partial charge in [0.25, 0.3) is 0 Å². The van der Waals surface area contributed by atoms with Crippen LogP contribution in [0.2, 0.25) is 0 Å². The molecule has 0 atom stereocenters. The quantitative estimate of drug-likeness (QED) is 0.610. The lowest BCUT2D eigenvalue weighted by molar-refractivity contribution is -0.137. The monoisotopic (exact) mass is 308 g/mol. The second-order valence-electron chi connectivity index (χ2n) is 5.74. The van der Waals surface area contributed by atoms with Gasteiger partial charge < -0.3 is 20.5 Å². The summed E-state index contributed by atoms with van der Waals surface area (Å²) in [5.74, 6) is -0.864. The number of carboxylic acid groups (broad SMARTS) is 1. The van der Waals surface area contributed by atoms with Gasteiger partial charge in [-0.3, -0.25) is 4.79 Å². The number of hydrogen-bond donors (Lipinski definition) is 3. The summed E-state index contributed by atoms with van der Waals surface area (Å²) in [4.78, 5) is 22.1. The molecule has 0 aliphatic carbocycles. The molecule has 0 saturated heterocycles. The van der Waals surface area contributed by atoms with Gasteiger partial charge in [-0.2, -0.15) is 0 Å². The van der Waals surface area contributed by atoms with Gasteiger partial charge in [0, 0.05) is 13.0 Å². The molecule has 6 nitrogen and oxygen atoms in total. The summed E-state index contributed by atoms with van der Waals surface area (Å²) in [5.41, 5.74) is 0.572. The average Bonchev–Trinajstić information content (AvgIpc) is 2.44. The van der Waals surface area contributed by atoms with Crippen molar-refractivity contribution in [2.45, 2.75) is 38.8 Å². The lowest BCUT2D eigenvalue weighted by atomic mass is 10.1. The van der Waals surface area contributed by atoms with Crippen molar-refractivity contribution in [3.8, 4) is 0 Å². The first-order valence-electron chi connectivity index (χ1n) is 7.28. The van der Waals surface area contributed by atoms with Crippen molar-refractivity contribution in [1.29, 1.82) is 0 Å². The van der Waals surface area contributed by atoms with E-state index < -0.39 is 11.5 Å². The molecule has 0 saturated carbocycles. The topological polar surface area (TPSA) is 87.7 Å². The molecule has 0 unspecified atom stereocenters. The zero-order chi connectivity index (χ0) is 16.4. The Morgan fingerprint density at radius 2 is 1.91 bits per heavy atom. The van der Waals surface area contributed by atoms with E-state index in [1.165, 1.54) is 0 Å². The number of ether oxygens (including phenoxy) is 1. The molecule has 1 aromatic carbocycles. The number of hydrogen-bond acceptors (Lipinski definition) is 3. The van der Waals surface area contributed by atoms with E-state index in [0.717, 1.165) is 5.56 Å². The van der Waals surface area contributed by atoms with Crippen LogP contribution in [0, 0.1) is 0 Å². The van der Waals surface area contributed by atoms with Crippen molar-refractivity contribution < 1.29 is 19.4 Å². The summed E-state index contributed by atoms with van der Waals surface area (Å²) in [6.07, 6.45) is 0.456. The molecular formula is C16H24N2O4. The van der Waals surface area contributed by atoms with E-state index in [1.54, 1.807) is 0 Å². The second kappa shape index (κ2) is 9.04. The molecule has 22 heavy (non-hydrogen) atoms. The van der Waals surface area contributed by atoms with E-state index in [2.05, 4.69) is 10.6 Å². The highest BCUT2D eigenvalue weighted by Gasteiger charge is 2.20. The van der Waals surface area contributed by atoms with Gasteiger partial charge in [0.15, 0.2) is 0 Å². The van der Waals surface area contributed by atoms with Crippen molar-refractivity contribution in [1.82, 2.24) is 10.6 Å². The van der Waals surface area contributed by atoms with Crippen LogP contribution in [0.4, 0.5) is 4.79 Å². The Kier molecular flexibility index (Phi) is 7.39. The van der Waals surface area contributed by atoms with Gasteiger partial charge in [-0.25, -0.2) is 4.79 Å². The van der Waals surface area contributed by atoms with Crippen LogP contribution >= 0.6 is 0 Å². The van der Waals surface area contributed by atoms with Gasteiger partial charge >= 0.3 is 12.0 Å². The number of benzene rings is 1. The minimum atomic E-state index is -0.864. The molecule has 1 aromatic rings. The molecule has 1 rings (SSSR count). The summed E-state index contributed by atoms with van der Waals surface area (Å²) < 4.78 is 5.62. The first kappa shape index (κ1) is 18.0. The second-order valence-corrected chi connectivity index (χ2v) is 5.74. The molecule has 0 fully saturated rings. The van der Waals surface area contributed by atoms with Gasteiger partial charge in [0.1, 0.15) is 0 Å². The molecule has 2 amide bonds. The maximum atomic E-state index is 11.7. The Balaban J connectivity index is 2.21. The number of carbonyl (C=O) groups is 2. The number of rotatable bonds is 9. The van der Waals surface area contributed by atoms with Crippen LogP contribution in [0.5, 0.6) is 0 Å². The van der Waals surface area contributed by atoms with Gasteiger partial charge in [-0.1, -0.05) is 30.3 Å². The lowest BCUT2D eigenvalue weighted by Gasteiger charge is -2.26. The predicted molar refractivity (Wildman–Crippen MR) is 83.6 cm³/mol. The minimum Gasteiger partial charge on any atom is -0.481 e. The Labute approximate surface area is 130 Å². The van der Waals surface area contributed by atoms with E-state index in [1.807, 2.05) is 44.2 Å². The summed E-state index contributed by atoms with van der Waals surface area (Å²) in [5, 5.41) is 14.0. The van der Waals surface area contributed by atoms with E-state index in [-0.39, 0.29) is 12.5 Å². The van der Waals surface area contributed by atoms with Crippen molar-refractivity contribution >= 4 is 12.0 Å². The Morgan fingerprint density at radius 1 is 1.23 bits per heavy atom. The third kappa shape index (κ3) is 8.26. The van der Waals surface area contributed by atoms with Crippen LogP contribution < -0.4 is 10.6 Å². The fourth-order valence-electron chi connectivity index (χ4n) is 1.83. The molecule has 122 valence electrons. The SMILES string of the molecule is CC(C)(COCc1ccccc1)NC(=O)NCCCC(=O)O. The molecule has 0 aliphatic heterocycles. The summed E-state index contributed by atoms with van der Waals surface area (Å²) in [6.45, 7) is 4.94. The summed E-state index contributed by atoms with van der Waals surface area (Å²) >= 11 is 0. The fraction of sp³-hybridized carbons (Fsp3) is 0.500. The van der Waals surface area contributed by atoms with Crippen molar-refractivity contribution in [2.75, 3.05) is 13.2 Å². The summed E-state index contributed by atoms with van der Waals surface area (Å²) in [6, 6.07) is 9.49. The largest absolute Gasteiger partial charge is 0.481 e. The Hall–Kier alpha value is -2.08. The standard InChI is InChI=1S/C16H24N2O4/c1-16(2,12-22-11-13-7-4-3-5-8-13)18-15(21)17-10-6-9-14(19)20/h3-5,7-8H,6,9-12H2,1-2H3,(H,19,20)(H2,17,18,21). The first-order chi connectivity index (χ1) is 10.4. The average molecular weight is 308 g/mol. The number of aliphatic carboxylic acids is 1. The van der Waals surface area contributed by atoms with Crippen LogP contribution in [0.1, 0.15) is 32.3 Å². The molecule has 0 aromatic heterocycles. The number of amides is 2. The summed E-state index contributed by atoms with van der Waals surface area (Å²) in [7, 11) is 0. The lowest BCUT2D eigenvalue weighted by Crippen LogP contribution is -2.51. The fourth-order valence-corrected chi connectivity index (χ4v) is 1.83. The van der Waals surface area contributed by atoms with Gasteiger partial charge in [-0.15, -0.1) is 0 Å². The minimum absolute atomic E-state index is 0.0455. The molecule has 0 spiro atoms. The van der Waals surface area contributed by atoms with E-state index >= 15 is 0 Å². The molecule has 6 heteroatoms.